The number of benzene rings is 2. The molecule has 0 saturated carbocycles. The quantitative estimate of drug-likeness (QED) is 0.657. The molecule has 7 heteroatoms. The van der Waals surface area contributed by atoms with Crippen molar-refractivity contribution in [1.82, 2.24) is 4.98 Å². The summed E-state index contributed by atoms with van der Waals surface area (Å²) in [5, 5.41) is 5.36. The smallest absolute Gasteiger partial charge is 0.337 e. The number of carbonyl (C=O) groups is 2. The van der Waals surface area contributed by atoms with Gasteiger partial charge in [-0.15, -0.1) is 11.3 Å². The van der Waals surface area contributed by atoms with E-state index < -0.39 is 5.97 Å². The van der Waals surface area contributed by atoms with Crippen molar-refractivity contribution in [2.24, 2.45) is 0 Å². The number of carbonyl (C=O) groups excluding carboxylic acids is 2. The monoisotopic (exact) mass is 382 g/mol. The topological polar surface area (TPSA) is 77.5 Å². The molecule has 0 saturated heterocycles. The Labute approximate surface area is 160 Å². The van der Waals surface area contributed by atoms with Crippen molar-refractivity contribution in [2.75, 3.05) is 19.5 Å². The summed E-state index contributed by atoms with van der Waals surface area (Å²) in [5.74, 6) is 0.0878. The van der Waals surface area contributed by atoms with E-state index in [1.54, 1.807) is 36.8 Å². The van der Waals surface area contributed by atoms with Gasteiger partial charge in [0, 0.05) is 17.5 Å². The van der Waals surface area contributed by atoms with Crippen LogP contribution in [-0.4, -0.2) is 31.1 Å². The lowest BCUT2D eigenvalue weighted by molar-refractivity contribution is 0.0600. The van der Waals surface area contributed by atoms with Gasteiger partial charge in [0.15, 0.2) is 0 Å². The molecule has 0 aliphatic carbocycles. The van der Waals surface area contributed by atoms with Crippen LogP contribution in [0.1, 0.15) is 31.4 Å². The van der Waals surface area contributed by atoms with Gasteiger partial charge in [-0.3, -0.25) is 4.79 Å². The third-order valence-electron chi connectivity index (χ3n) is 3.86. The molecule has 0 aliphatic rings. The van der Waals surface area contributed by atoms with Gasteiger partial charge in [-0.1, -0.05) is 12.1 Å². The number of thiazole rings is 1. The summed E-state index contributed by atoms with van der Waals surface area (Å²) in [4.78, 5) is 28.2. The molecule has 0 fully saturated rings. The molecule has 2 aromatic carbocycles. The van der Waals surface area contributed by atoms with Crippen LogP contribution in [0.15, 0.2) is 53.9 Å². The van der Waals surface area contributed by atoms with Crippen molar-refractivity contribution < 1.29 is 19.1 Å². The van der Waals surface area contributed by atoms with Crippen LogP contribution in [0, 0.1) is 0 Å². The van der Waals surface area contributed by atoms with Crippen LogP contribution < -0.4 is 10.1 Å². The average Bonchev–Trinajstić information content (AvgIpc) is 3.17. The third kappa shape index (κ3) is 4.71. The lowest BCUT2D eigenvalue weighted by atomic mass is 10.1. The van der Waals surface area contributed by atoms with Crippen molar-refractivity contribution >= 4 is 28.9 Å². The first kappa shape index (κ1) is 18.6. The number of aromatic nitrogens is 1. The first-order valence-electron chi connectivity index (χ1n) is 8.16. The largest absolute Gasteiger partial charge is 0.497 e. The minimum absolute atomic E-state index is 0.293. The zero-order valence-corrected chi connectivity index (χ0v) is 15.7. The lowest BCUT2D eigenvalue weighted by Gasteiger charge is -2.04. The van der Waals surface area contributed by atoms with Gasteiger partial charge >= 0.3 is 5.97 Å². The fraction of sp³-hybridized carbons (Fsp3) is 0.150. The maximum absolute atomic E-state index is 12.4. The number of rotatable bonds is 6. The van der Waals surface area contributed by atoms with Crippen LogP contribution in [0.5, 0.6) is 5.75 Å². The molecule has 1 aromatic heterocycles. The Morgan fingerprint density at radius 2 is 1.74 bits per heavy atom. The minimum Gasteiger partial charge on any atom is -0.497 e. The van der Waals surface area contributed by atoms with Gasteiger partial charge < -0.3 is 14.8 Å². The first-order chi connectivity index (χ1) is 13.1. The summed E-state index contributed by atoms with van der Waals surface area (Å²) in [6.45, 7) is 0. The van der Waals surface area contributed by atoms with Gasteiger partial charge in [0.2, 0.25) is 0 Å². The number of nitrogens with zero attached hydrogens (tertiary/aromatic N) is 1. The Hall–Kier alpha value is -3.19. The van der Waals surface area contributed by atoms with E-state index >= 15 is 0 Å². The van der Waals surface area contributed by atoms with Crippen molar-refractivity contribution in [3.8, 4) is 5.75 Å². The average molecular weight is 382 g/mol. The maximum atomic E-state index is 12.4. The van der Waals surface area contributed by atoms with Crippen LogP contribution in [0.4, 0.5) is 5.69 Å². The Bertz CT molecular complexity index is 933. The Balaban J connectivity index is 1.63. The van der Waals surface area contributed by atoms with E-state index in [-0.39, 0.29) is 5.91 Å². The Morgan fingerprint density at radius 1 is 1.04 bits per heavy atom. The molecule has 0 radical (unpaired) electrons. The molecule has 1 heterocycles. The van der Waals surface area contributed by atoms with E-state index in [2.05, 4.69) is 15.0 Å². The highest BCUT2D eigenvalue weighted by Crippen LogP contribution is 2.19. The lowest BCUT2D eigenvalue weighted by Crippen LogP contribution is -2.12. The van der Waals surface area contributed by atoms with Crippen LogP contribution in [0.25, 0.3) is 0 Å². The number of hydrogen-bond donors (Lipinski definition) is 1. The molecular weight excluding hydrogens is 364 g/mol. The van der Waals surface area contributed by atoms with Gasteiger partial charge in [-0.25, -0.2) is 9.78 Å². The van der Waals surface area contributed by atoms with Gasteiger partial charge in [0.25, 0.3) is 5.91 Å². The zero-order valence-electron chi connectivity index (χ0n) is 14.9. The Kier molecular flexibility index (Phi) is 5.83. The maximum Gasteiger partial charge on any atom is 0.337 e. The fourth-order valence-electron chi connectivity index (χ4n) is 2.42. The summed E-state index contributed by atoms with van der Waals surface area (Å²) >= 11 is 1.44. The molecule has 0 bridgehead atoms. The van der Waals surface area contributed by atoms with E-state index in [4.69, 9.17) is 4.74 Å². The second kappa shape index (κ2) is 8.46. The molecule has 1 amide bonds. The highest BCUT2D eigenvalue weighted by Gasteiger charge is 2.12. The highest BCUT2D eigenvalue weighted by atomic mass is 32.1. The number of hydrogen-bond acceptors (Lipinski definition) is 6. The normalized spacial score (nSPS) is 10.3. The fourth-order valence-corrected chi connectivity index (χ4v) is 3.23. The molecule has 3 rings (SSSR count). The van der Waals surface area contributed by atoms with Gasteiger partial charge in [-0.05, 0) is 42.0 Å². The summed E-state index contributed by atoms with van der Waals surface area (Å²) in [7, 11) is 2.95. The predicted octanol–water partition coefficient (Wildman–Crippen LogP) is 3.78. The molecule has 0 spiro atoms. The van der Waals surface area contributed by atoms with Gasteiger partial charge in [0.1, 0.15) is 11.4 Å². The van der Waals surface area contributed by atoms with Crippen molar-refractivity contribution in [2.45, 2.75) is 6.42 Å². The summed E-state index contributed by atoms with van der Waals surface area (Å²) in [6.07, 6.45) is 0.649. The predicted molar refractivity (Wildman–Crippen MR) is 104 cm³/mol. The van der Waals surface area contributed by atoms with Gasteiger partial charge in [0.05, 0.1) is 24.8 Å². The number of esters is 1. The van der Waals surface area contributed by atoms with E-state index in [1.807, 2.05) is 24.3 Å². The van der Waals surface area contributed by atoms with Crippen LogP contribution >= 0.6 is 11.3 Å². The SMILES string of the molecule is COC(=O)c1ccc(NC(=O)c2csc(Cc3ccc(OC)cc3)n2)cc1. The van der Waals surface area contributed by atoms with Crippen LogP contribution in [0.2, 0.25) is 0 Å². The molecule has 27 heavy (non-hydrogen) atoms. The van der Waals surface area contributed by atoms with Crippen molar-refractivity contribution in [3.63, 3.8) is 0 Å². The molecule has 0 unspecified atom stereocenters. The number of amides is 1. The van der Waals surface area contributed by atoms with E-state index in [0.29, 0.717) is 23.4 Å². The van der Waals surface area contributed by atoms with Gasteiger partial charge in [-0.2, -0.15) is 0 Å². The zero-order chi connectivity index (χ0) is 19.2. The third-order valence-corrected chi connectivity index (χ3v) is 4.71. The van der Waals surface area contributed by atoms with Crippen molar-refractivity contribution in [1.29, 1.82) is 0 Å². The molecule has 3 aromatic rings. The van der Waals surface area contributed by atoms with E-state index in [9.17, 15) is 9.59 Å². The molecule has 6 nitrogen and oxygen atoms in total. The molecular formula is C20H18N2O4S. The highest BCUT2D eigenvalue weighted by molar-refractivity contribution is 7.09. The first-order valence-corrected chi connectivity index (χ1v) is 9.04. The number of methoxy groups -OCH3 is 2. The molecule has 0 atom stereocenters. The molecule has 138 valence electrons. The summed E-state index contributed by atoms with van der Waals surface area (Å²) in [5.41, 5.74) is 2.46. The summed E-state index contributed by atoms with van der Waals surface area (Å²) in [6, 6.07) is 14.2. The standard InChI is InChI=1S/C20H18N2O4S/c1-25-16-9-3-13(4-10-16)11-18-22-17(12-27-18)19(23)21-15-7-5-14(6-8-15)20(24)26-2/h3-10,12H,11H2,1-2H3,(H,21,23). The number of anilines is 1. The second-order valence-corrected chi connectivity index (χ2v) is 6.62. The second-order valence-electron chi connectivity index (χ2n) is 5.67. The number of ether oxygens (including phenoxy) is 2. The van der Waals surface area contributed by atoms with Crippen molar-refractivity contribution in [3.05, 3.63) is 75.7 Å². The Morgan fingerprint density at radius 3 is 2.37 bits per heavy atom. The minimum atomic E-state index is -0.421. The number of nitrogens with one attached hydrogen (secondary N) is 1. The summed E-state index contributed by atoms with van der Waals surface area (Å²) < 4.78 is 9.80. The van der Waals surface area contributed by atoms with Crippen LogP contribution in [0.3, 0.4) is 0 Å². The molecule has 0 aliphatic heterocycles. The van der Waals surface area contributed by atoms with E-state index in [0.717, 1.165) is 16.3 Å². The molecule has 1 N–H and O–H groups in total. The van der Waals surface area contributed by atoms with Crippen LogP contribution in [-0.2, 0) is 11.2 Å². The van der Waals surface area contributed by atoms with E-state index in [1.165, 1.54) is 18.4 Å².